The van der Waals surface area contributed by atoms with E-state index in [9.17, 15) is 4.79 Å². The van der Waals surface area contributed by atoms with Gasteiger partial charge in [-0.05, 0) is 30.7 Å². The lowest BCUT2D eigenvalue weighted by molar-refractivity contribution is 0.0696. The van der Waals surface area contributed by atoms with Gasteiger partial charge < -0.3 is 15.4 Å². The molecule has 0 aliphatic heterocycles. The highest BCUT2D eigenvalue weighted by molar-refractivity contribution is 5.90. The summed E-state index contributed by atoms with van der Waals surface area (Å²) in [7, 11) is 0. The minimum absolute atomic E-state index is 0.310. The number of H-pyrrole nitrogens is 1. The van der Waals surface area contributed by atoms with E-state index >= 15 is 0 Å². The number of hydrogen-bond acceptors (Lipinski definition) is 3. The van der Waals surface area contributed by atoms with Gasteiger partial charge in [0.2, 0.25) is 5.95 Å². The molecule has 0 unspecified atom stereocenters. The number of aromatic carboxylic acids is 1. The standard InChI is InChI=1S/C11H11N3O2/c1-7-6-8(2-3-9(7)10(15)16)14-11-12-4-5-13-11/h2-6H,1H3,(H,15,16)(H2,12,13,14). The number of aryl methyl sites for hydroxylation is 1. The minimum Gasteiger partial charge on any atom is -0.478 e. The Bertz CT molecular complexity index is 506. The third-order valence-corrected chi connectivity index (χ3v) is 2.22. The lowest BCUT2D eigenvalue weighted by atomic mass is 10.1. The smallest absolute Gasteiger partial charge is 0.335 e. The van der Waals surface area contributed by atoms with Gasteiger partial charge in [-0.25, -0.2) is 9.78 Å². The third kappa shape index (κ3) is 2.03. The molecule has 5 heteroatoms. The summed E-state index contributed by atoms with van der Waals surface area (Å²) >= 11 is 0. The summed E-state index contributed by atoms with van der Waals surface area (Å²) in [5.41, 5.74) is 1.83. The maximum Gasteiger partial charge on any atom is 0.335 e. The van der Waals surface area contributed by atoms with Crippen molar-refractivity contribution in [3.8, 4) is 0 Å². The van der Waals surface area contributed by atoms with Crippen molar-refractivity contribution < 1.29 is 9.90 Å². The average Bonchev–Trinajstić information content (AvgIpc) is 2.70. The van der Waals surface area contributed by atoms with Crippen LogP contribution in [0.3, 0.4) is 0 Å². The van der Waals surface area contributed by atoms with E-state index in [-0.39, 0.29) is 0 Å². The number of carbonyl (C=O) groups is 1. The van der Waals surface area contributed by atoms with Gasteiger partial charge in [-0.15, -0.1) is 0 Å². The van der Waals surface area contributed by atoms with Crippen molar-refractivity contribution in [1.29, 1.82) is 0 Å². The minimum atomic E-state index is -0.915. The number of anilines is 2. The highest BCUT2D eigenvalue weighted by Gasteiger charge is 2.07. The molecular weight excluding hydrogens is 206 g/mol. The molecule has 5 nitrogen and oxygen atoms in total. The third-order valence-electron chi connectivity index (χ3n) is 2.22. The van der Waals surface area contributed by atoms with Gasteiger partial charge in [0.1, 0.15) is 0 Å². The molecule has 82 valence electrons. The molecule has 1 heterocycles. The van der Waals surface area contributed by atoms with Gasteiger partial charge in [0.25, 0.3) is 0 Å². The number of nitrogens with one attached hydrogen (secondary N) is 2. The first-order chi connectivity index (χ1) is 7.66. The van der Waals surface area contributed by atoms with E-state index in [2.05, 4.69) is 15.3 Å². The van der Waals surface area contributed by atoms with Gasteiger partial charge >= 0.3 is 5.97 Å². The van der Waals surface area contributed by atoms with Crippen molar-refractivity contribution in [2.45, 2.75) is 6.92 Å². The maximum absolute atomic E-state index is 10.8. The first-order valence-electron chi connectivity index (χ1n) is 4.77. The fourth-order valence-corrected chi connectivity index (χ4v) is 1.45. The lowest BCUT2D eigenvalue weighted by Gasteiger charge is -2.06. The summed E-state index contributed by atoms with van der Waals surface area (Å²) < 4.78 is 0. The summed E-state index contributed by atoms with van der Waals surface area (Å²) in [6.45, 7) is 1.76. The van der Waals surface area contributed by atoms with E-state index in [0.717, 1.165) is 5.69 Å². The quantitative estimate of drug-likeness (QED) is 0.736. The molecular formula is C11H11N3O2. The Morgan fingerprint density at radius 2 is 2.31 bits per heavy atom. The molecule has 0 aliphatic rings. The number of rotatable bonds is 3. The number of hydrogen-bond donors (Lipinski definition) is 3. The van der Waals surface area contributed by atoms with Crippen molar-refractivity contribution in [1.82, 2.24) is 9.97 Å². The second kappa shape index (κ2) is 4.06. The molecule has 16 heavy (non-hydrogen) atoms. The number of imidazole rings is 1. The van der Waals surface area contributed by atoms with Gasteiger partial charge in [-0.1, -0.05) is 0 Å². The molecule has 2 rings (SSSR count). The van der Waals surface area contributed by atoms with E-state index in [1.165, 1.54) is 0 Å². The van der Waals surface area contributed by atoms with Crippen LogP contribution >= 0.6 is 0 Å². The Labute approximate surface area is 92.2 Å². The summed E-state index contributed by atoms with van der Waals surface area (Å²) in [5.74, 6) is -0.287. The van der Waals surface area contributed by atoms with Crippen LogP contribution in [0.4, 0.5) is 11.6 Å². The summed E-state index contributed by atoms with van der Waals surface area (Å²) in [4.78, 5) is 17.7. The Morgan fingerprint density at radius 3 is 2.88 bits per heavy atom. The zero-order valence-electron chi connectivity index (χ0n) is 8.69. The van der Waals surface area contributed by atoms with Gasteiger partial charge in [-0.2, -0.15) is 0 Å². The first kappa shape index (κ1) is 10.2. The van der Waals surface area contributed by atoms with Crippen molar-refractivity contribution in [3.63, 3.8) is 0 Å². The molecule has 0 atom stereocenters. The Kier molecular flexibility index (Phi) is 2.59. The van der Waals surface area contributed by atoms with Crippen LogP contribution in [-0.4, -0.2) is 21.0 Å². The zero-order valence-corrected chi connectivity index (χ0v) is 8.69. The first-order valence-corrected chi connectivity index (χ1v) is 4.77. The maximum atomic E-state index is 10.8. The molecule has 0 fully saturated rings. The van der Waals surface area contributed by atoms with Crippen LogP contribution < -0.4 is 5.32 Å². The van der Waals surface area contributed by atoms with Crippen LogP contribution in [0, 0.1) is 6.92 Å². The normalized spacial score (nSPS) is 10.1. The van der Waals surface area contributed by atoms with Crippen molar-refractivity contribution >= 4 is 17.6 Å². The monoisotopic (exact) mass is 217 g/mol. The number of carboxylic acid groups (broad SMARTS) is 1. The fraction of sp³-hybridized carbons (Fsp3) is 0.0909. The van der Waals surface area contributed by atoms with Gasteiger partial charge in [-0.3, -0.25) is 0 Å². The van der Waals surface area contributed by atoms with Crippen LogP contribution in [0.1, 0.15) is 15.9 Å². The SMILES string of the molecule is Cc1cc(Nc2ncc[nH]2)ccc1C(=O)O. The van der Waals surface area contributed by atoms with E-state index in [4.69, 9.17) is 5.11 Å². The molecule has 0 saturated carbocycles. The van der Waals surface area contributed by atoms with E-state index < -0.39 is 5.97 Å². The van der Waals surface area contributed by atoms with E-state index in [1.54, 1.807) is 37.5 Å². The van der Waals surface area contributed by atoms with E-state index in [1.807, 2.05) is 0 Å². The van der Waals surface area contributed by atoms with Gasteiger partial charge in [0.15, 0.2) is 0 Å². The summed E-state index contributed by atoms with van der Waals surface area (Å²) in [6, 6.07) is 5.05. The second-order valence-corrected chi connectivity index (χ2v) is 3.40. The number of benzene rings is 1. The molecule has 1 aromatic carbocycles. The highest BCUT2D eigenvalue weighted by Crippen LogP contribution is 2.17. The van der Waals surface area contributed by atoms with Crippen LogP contribution in [0.15, 0.2) is 30.6 Å². The van der Waals surface area contributed by atoms with E-state index in [0.29, 0.717) is 17.1 Å². The van der Waals surface area contributed by atoms with Crippen LogP contribution in [0.2, 0.25) is 0 Å². The van der Waals surface area contributed by atoms with Crippen LogP contribution in [-0.2, 0) is 0 Å². The molecule has 0 aliphatic carbocycles. The Balaban J connectivity index is 2.24. The Morgan fingerprint density at radius 1 is 1.50 bits per heavy atom. The number of aromatic nitrogens is 2. The van der Waals surface area contributed by atoms with Crippen molar-refractivity contribution in [3.05, 3.63) is 41.7 Å². The number of aromatic amines is 1. The predicted molar refractivity (Wildman–Crippen MR) is 60.0 cm³/mol. The molecule has 3 N–H and O–H groups in total. The second-order valence-electron chi connectivity index (χ2n) is 3.40. The Hall–Kier alpha value is -2.30. The van der Waals surface area contributed by atoms with Crippen LogP contribution in [0.25, 0.3) is 0 Å². The van der Waals surface area contributed by atoms with Crippen molar-refractivity contribution in [2.24, 2.45) is 0 Å². The molecule has 0 amide bonds. The van der Waals surface area contributed by atoms with Crippen molar-refractivity contribution in [2.75, 3.05) is 5.32 Å². The average molecular weight is 217 g/mol. The zero-order chi connectivity index (χ0) is 11.5. The molecule has 0 saturated heterocycles. The van der Waals surface area contributed by atoms with Crippen LogP contribution in [0.5, 0.6) is 0 Å². The largest absolute Gasteiger partial charge is 0.478 e. The number of carboxylic acids is 1. The molecule has 1 aromatic heterocycles. The fourth-order valence-electron chi connectivity index (χ4n) is 1.45. The molecule has 2 aromatic rings. The number of nitrogens with zero attached hydrogens (tertiary/aromatic N) is 1. The van der Waals surface area contributed by atoms with Gasteiger partial charge in [0, 0.05) is 18.1 Å². The molecule has 0 bridgehead atoms. The summed E-state index contributed by atoms with van der Waals surface area (Å²) in [6.07, 6.45) is 3.35. The molecule has 0 spiro atoms. The lowest BCUT2D eigenvalue weighted by Crippen LogP contribution is -2.00. The summed E-state index contributed by atoms with van der Waals surface area (Å²) in [5, 5.41) is 11.9. The molecule has 0 radical (unpaired) electrons. The van der Waals surface area contributed by atoms with Gasteiger partial charge in [0.05, 0.1) is 5.56 Å². The predicted octanol–water partition coefficient (Wildman–Crippen LogP) is 2.16. The topological polar surface area (TPSA) is 78.0 Å². The highest BCUT2D eigenvalue weighted by atomic mass is 16.4.